The molecule has 1 heterocycles. The lowest BCUT2D eigenvalue weighted by atomic mass is 10.2. The zero-order chi connectivity index (χ0) is 21.7. The number of sulfonamides is 1. The summed E-state index contributed by atoms with van der Waals surface area (Å²) in [7, 11) is -3.85. The van der Waals surface area contributed by atoms with Gasteiger partial charge in [0.15, 0.2) is 0 Å². The van der Waals surface area contributed by atoms with Gasteiger partial charge in [-0.15, -0.1) is 0 Å². The number of hydrogen-bond acceptors (Lipinski definition) is 5. The molecule has 0 aliphatic heterocycles. The smallest absolute Gasteiger partial charge is 0.264 e. The first kappa shape index (κ1) is 21.5. The molecule has 3 aromatic rings. The topological polar surface area (TPSA) is 101 Å². The van der Waals surface area contributed by atoms with Crippen molar-refractivity contribution in [1.82, 2.24) is 9.97 Å². The van der Waals surface area contributed by atoms with E-state index in [1.165, 1.54) is 30.3 Å². The molecule has 9 heteroatoms. The molecule has 0 atom stereocenters. The Morgan fingerprint density at radius 1 is 0.967 bits per heavy atom. The fourth-order valence-electron chi connectivity index (χ4n) is 2.60. The normalized spacial score (nSPS) is 11.4. The molecule has 2 aromatic carbocycles. The number of nitrogens with one attached hydrogen (secondary N) is 2. The summed E-state index contributed by atoms with van der Waals surface area (Å²) in [6.45, 7) is 3.51. The Hall–Kier alpha value is -3.23. The maximum absolute atomic E-state index is 12.5. The maximum atomic E-state index is 12.5. The minimum Gasteiger partial charge on any atom is -0.323 e. The second-order valence-corrected chi connectivity index (χ2v) is 8.60. The first-order valence-corrected chi connectivity index (χ1v) is 10.8. The van der Waals surface area contributed by atoms with E-state index >= 15 is 0 Å². The van der Waals surface area contributed by atoms with Crippen LogP contribution < -0.4 is 10.0 Å². The number of aromatic nitrogens is 2. The van der Waals surface area contributed by atoms with Gasteiger partial charge in [-0.3, -0.25) is 4.79 Å². The van der Waals surface area contributed by atoms with Crippen LogP contribution >= 0.6 is 11.6 Å². The number of halogens is 1. The summed E-state index contributed by atoms with van der Waals surface area (Å²) in [5, 5.41) is 3.29. The molecule has 0 bridgehead atoms. The first-order chi connectivity index (χ1) is 14.2. The number of carbonyl (C=O) groups excluding carboxylic acids is 1. The van der Waals surface area contributed by atoms with E-state index in [4.69, 9.17) is 11.6 Å². The molecule has 3 rings (SSSR count). The van der Waals surface area contributed by atoms with Crippen molar-refractivity contribution in [3.05, 3.63) is 82.6 Å². The average molecular weight is 443 g/mol. The number of nitrogens with zero attached hydrogens (tertiary/aromatic N) is 2. The third-order valence-electron chi connectivity index (χ3n) is 3.94. The lowest BCUT2D eigenvalue weighted by Crippen LogP contribution is -2.16. The Morgan fingerprint density at radius 3 is 2.17 bits per heavy atom. The van der Waals surface area contributed by atoms with E-state index in [-0.39, 0.29) is 16.8 Å². The van der Waals surface area contributed by atoms with Crippen molar-refractivity contribution in [2.45, 2.75) is 18.7 Å². The maximum Gasteiger partial charge on any atom is 0.264 e. The Labute approximate surface area is 179 Å². The standard InChI is InChI=1S/C21H19ClN4O3S/c1-14-13-15(2)24-21(23-14)26-30(28,29)19-10-8-18(9-11-19)25-20(27)12-5-16-3-6-17(22)7-4-16/h3-13H,1-2H3,(H,25,27)(H,23,24,26)/b12-5+. The van der Waals surface area contributed by atoms with Crippen LogP contribution in [0.15, 0.2) is 65.6 Å². The van der Waals surface area contributed by atoms with Gasteiger partial charge in [0.2, 0.25) is 11.9 Å². The van der Waals surface area contributed by atoms with Crippen molar-refractivity contribution < 1.29 is 13.2 Å². The third-order valence-corrected chi connectivity index (χ3v) is 5.53. The van der Waals surface area contributed by atoms with Crippen LogP contribution in [-0.4, -0.2) is 24.3 Å². The van der Waals surface area contributed by atoms with E-state index in [1.807, 2.05) is 0 Å². The molecule has 0 aliphatic rings. The van der Waals surface area contributed by atoms with E-state index in [9.17, 15) is 13.2 Å². The van der Waals surface area contributed by atoms with Crippen LogP contribution in [0.1, 0.15) is 17.0 Å². The van der Waals surface area contributed by atoms with Gasteiger partial charge in [-0.25, -0.2) is 23.1 Å². The monoisotopic (exact) mass is 442 g/mol. The van der Waals surface area contributed by atoms with Crippen LogP contribution in [0.4, 0.5) is 11.6 Å². The highest BCUT2D eigenvalue weighted by Gasteiger charge is 2.16. The number of hydrogen-bond donors (Lipinski definition) is 2. The van der Waals surface area contributed by atoms with Crippen LogP contribution in [0.2, 0.25) is 5.02 Å². The van der Waals surface area contributed by atoms with Gasteiger partial charge in [-0.1, -0.05) is 23.7 Å². The van der Waals surface area contributed by atoms with Crippen molar-refractivity contribution in [3.8, 4) is 0 Å². The first-order valence-electron chi connectivity index (χ1n) is 8.91. The molecule has 0 spiro atoms. The average Bonchev–Trinajstić information content (AvgIpc) is 2.67. The predicted molar refractivity (Wildman–Crippen MR) is 118 cm³/mol. The Morgan fingerprint density at radius 2 is 1.57 bits per heavy atom. The third kappa shape index (κ3) is 5.88. The van der Waals surface area contributed by atoms with Crippen molar-refractivity contribution in [1.29, 1.82) is 0 Å². The number of carbonyl (C=O) groups is 1. The summed E-state index contributed by atoms with van der Waals surface area (Å²) in [6.07, 6.45) is 3.03. The second-order valence-electron chi connectivity index (χ2n) is 6.48. The molecule has 0 radical (unpaired) electrons. The molecule has 30 heavy (non-hydrogen) atoms. The van der Waals surface area contributed by atoms with Crippen LogP contribution in [0, 0.1) is 13.8 Å². The van der Waals surface area contributed by atoms with E-state index < -0.39 is 10.0 Å². The predicted octanol–water partition coefficient (Wildman–Crippen LogP) is 4.20. The van der Waals surface area contributed by atoms with E-state index in [0.29, 0.717) is 22.1 Å². The van der Waals surface area contributed by atoms with Crippen molar-refractivity contribution >= 4 is 45.2 Å². The highest BCUT2D eigenvalue weighted by Crippen LogP contribution is 2.17. The Bertz CT molecular complexity index is 1170. The molecule has 2 N–H and O–H groups in total. The molecule has 1 aromatic heterocycles. The summed E-state index contributed by atoms with van der Waals surface area (Å²) in [4.78, 5) is 20.3. The van der Waals surface area contributed by atoms with Gasteiger partial charge in [0, 0.05) is 28.2 Å². The SMILES string of the molecule is Cc1cc(C)nc(NS(=O)(=O)c2ccc(NC(=O)/C=C/c3ccc(Cl)cc3)cc2)n1. The number of benzene rings is 2. The minimum absolute atomic E-state index is 0.0113. The molecule has 0 saturated heterocycles. The van der Waals surface area contributed by atoms with Crippen molar-refractivity contribution in [3.63, 3.8) is 0 Å². The highest BCUT2D eigenvalue weighted by molar-refractivity contribution is 7.92. The van der Waals surface area contributed by atoms with Crippen molar-refractivity contribution in [2.24, 2.45) is 0 Å². The van der Waals surface area contributed by atoms with Crippen LogP contribution in [0.25, 0.3) is 6.08 Å². The summed E-state index contributed by atoms with van der Waals surface area (Å²) in [5.41, 5.74) is 2.60. The quantitative estimate of drug-likeness (QED) is 0.557. The van der Waals surface area contributed by atoms with E-state index in [0.717, 1.165) is 5.56 Å². The molecule has 0 aliphatic carbocycles. The minimum atomic E-state index is -3.85. The number of aryl methyl sites for hydroxylation is 2. The van der Waals surface area contributed by atoms with Crippen LogP contribution in [0.5, 0.6) is 0 Å². The summed E-state index contributed by atoms with van der Waals surface area (Å²) < 4.78 is 27.4. The molecular formula is C21H19ClN4O3S. The van der Waals surface area contributed by atoms with Crippen LogP contribution in [-0.2, 0) is 14.8 Å². The van der Waals surface area contributed by atoms with Gasteiger partial charge in [-0.05, 0) is 68.0 Å². The molecule has 154 valence electrons. The summed E-state index contributed by atoms with van der Waals surface area (Å²) in [5.74, 6) is -0.334. The zero-order valence-corrected chi connectivity index (χ0v) is 17.8. The molecule has 1 amide bonds. The van der Waals surface area contributed by atoms with Gasteiger partial charge in [0.1, 0.15) is 0 Å². The molecule has 0 saturated carbocycles. The number of anilines is 2. The summed E-state index contributed by atoms with van der Waals surface area (Å²) in [6, 6.07) is 14.6. The fourth-order valence-corrected chi connectivity index (χ4v) is 3.67. The van der Waals surface area contributed by atoms with E-state index in [1.54, 1.807) is 50.3 Å². The second kappa shape index (κ2) is 9.06. The number of amides is 1. The van der Waals surface area contributed by atoms with Gasteiger partial charge in [0.25, 0.3) is 10.0 Å². The molecular weight excluding hydrogens is 424 g/mol. The Kier molecular flexibility index (Phi) is 6.49. The number of rotatable bonds is 6. The molecule has 7 nitrogen and oxygen atoms in total. The van der Waals surface area contributed by atoms with Crippen molar-refractivity contribution in [2.75, 3.05) is 10.0 Å². The van der Waals surface area contributed by atoms with Gasteiger partial charge >= 0.3 is 0 Å². The van der Waals surface area contributed by atoms with Gasteiger partial charge in [-0.2, -0.15) is 0 Å². The Balaban J connectivity index is 1.66. The zero-order valence-electron chi connectivity index (χ0n) is 16.3. The lowest BCUT2D eigenvalue weighted by molar-refractivity contribution is -0.111. The van der Waals surface area contributed by atoms with Gasteiger partial charge in [0.05, 0.1) is 4.90 Å². The van der Waals surface area contributed by atoms with E-state index in [2.05, 4.69) is 20.0 Å². The lowest BCUT2D eigenvalue weighted by Gasteiger charge is -2.09. The highest BCUT2D eigenvalue weighted by atomic mass is 35.5. The summed E-state index contributed by atoms with van der Waals surface area (Å²) >= 11 is 5.83. The largest absolute Gasteiger partial charge is 0.323 e. The molecule has 0 unspecified atom stereocenters. The van der Waals surface area contributed by atoms with Gasteiger partial charge < -0.3 is 5.32 Å². The molecule has 0 fully saturated rings. The van der Waals surface area contributed by atoms with Crippen LogP contribution in [0.3, 0.4) is 0 Å². The fraction of sp³-hybridized carbons (Fsp3) is 0.0952.